The normalized spacial score (nSPS) is 19.1. The zero-order chi connectivity index (χ0) is 21.5. The first-order valence-corrected chi connectivity index (χ1v) is 10.4. The van der Waals surface area contributed by atoms with Gasteiger partial charge in [-0.1, -0.05) is 77.3 Å². The molecule has 4 rings (SSSR count). The first kappa shape index (κ1) is 20.9. The van der Waals surface area contributed by atoms with E-state index in [1.165, 1.54) is 6.07 Å². The summed E-state index contributed by atoms with van der Waals surface area (Å²) in [5.41, 5.74) is 1.76. The van der Waals surface area contributed by atoms with E-state index in [2.05, 4.69) is 0 Å². The van der Waals surface area contributed by atoms with E-state index in [1.807, 2.05) is 37.3 Å². The first-order valence-electron chi connectivity index (χ1n) is 9.62. The minimum Gasteiger partial charge on any atom is -0.388 e. The number of para-hydroxylation sites is 1. The van der Waals surface area contributed by atoms with E-state index in [0.29, 0.717) is 28.4 Å². The van der Waals surface area contributed by atoms with Crippen LogP contribution in [0.4, 0.5) is 5.69 Å². The van der Waals surface area contributed by atoms with E-state index in [-0.39, 0.29) is 11.4 Å². The van der Waals surface area contributed by atoms with Crippen molar-refractivity contribution in [3.8, 4) is 0 Å². The first-order chi connectivity index (χ1) is 14.3. The minimum absolute atomic E-state index is 0.214. The fraction of sp³-hybridized carbons (Fsp3) is 0.208. The van der Waals surface area contributed by atoms with Gasteiger partial charge in [-0.2, -0.15) is 0 Å². The molecule has 30 heavy (non-hydrogen) atoms. The van der Waals surface area contributed by atoms with Crippen LogP contribution >= 0.6 is 23.2 Å². The van der Waals surface area contributed by atoms with Crippen LogP contribution in [0.2, 0.25) is 10.0 Å². The molecule has 154 valence electrons. The van der Waals surface area contributed by atoms with Gasteiger partial charge in [-0.3, -0.25) is 4.79 Å². The average Bonchev–Trinajstić information content (AvgIpc) is 2.91. The summed E-state index contributed by atoms with van der Waals surface area (Å²) in [5, 5.41) is 23.0. The van der Waals surface area contributed by atoms with Gasteiger partial charge < -0.3 is 15.1 Å². The maximum absolute atomic E-state index is 13.4. The van der Waals surface area contributed by atoms with Crippen molar-refractivity contribution in [3.05, 3.63) is 99.0 Å². The maximum atomic E-state index is 13.4. The molecule has 2 unspecified atom stereocenters. The van der Waals surface area contributed by atoms with E-state index in [1.54, 1.807) is 35.2 Å². The van der Waals surface area contributed by atoms with Gasteiger partial charge in [-0.15, -0.1) is 0 Å². The van der Waals surface area contributed by atoms with Gasteiger partial charge in [0.25, 0.3) is 5.91 Å². The number of aliphatic hydroxyl groups is 2. The van der Waals surface area contributed by atoms with Gasteiger partial charge in [0.15, 0.2) is 5.60 Å². The number of aliphatic hydroxyl groups excluding tert-OH is 1. The van der Waals surface area contributed by atoms with Crippen LogP contribution in [0, 0.1) is 6.92 Å². The lowest BCUT2D eigenvalue weighted by Gasteiger charge is -2.26. The number of nitrogens with zero attached hydrogens (tertiary/aromatic N) is 1. The predicted molar refractivity (Wildman–Crippen MR) is 119 cm³/mol. The van der Waals surface area contributed by atoms with Crippen LogP contribution in [0.25, 0.3) is 0 Å². The predicted octanol–water partition coefficient (Wildman–Crippen LogP) is 5.16. The quantitative estimate of drug-likeness (QED) is 0.574. The molecule has 4 nitrogen and oxygen atoms in total. The Labute approximate surface area is 185 Å². The number of aryl methyl sites for hydroxylation is 1. The monoisotopic (exact) mass is 441 g/mol. The number of hydrogen-bond acceptors (Lipinski definition) is 3. The highest BCUT2D eigenvalue weighted by Crippen LogP contribution is 2.46. The van der Waals surface area contributed by atoms with Crippen LogP contribution < -0.4 is 4.90 Å². The molecule has 1 aliphatic heterocycles. The van der Waals surface area contributed by atoms with Crippen LogP contribution in [-0.2, 0) is 16.9 Å². The van der Waals surface area contributed by atoms with Crippen molar-refractivity contribution in [1.82, 2.24) is 0 Å². The molecule has 2 atom stereocenters. The van der Waals surface area contributed by atoms with Gasteiger partial charge in [0.2, 0.25) is 0 Å². The van der Waals surface area contributed by atoms with Crippen molar-refractivity contribution >= 4 is 34.8 Å². The lowest BCUT2D eigenvalue weighted by atomic mass is 9.87. The van der Waals surface area contributed by atoms with Gasteiger partial charge in [0.1, 0.15) is 0 Å². The van der Waals surface area contributed by atoms with Crippen LogP contribution in [0.15, 0.2) is 66.7 Å². The summed E-state index contributed by atoms with van der Waals surface area (Å²) in [6.07, 6.45) is -1.36. The molecule has 0 aliphatic carbocycles. The van der Waals surface area contributed by atoms with Gasteiger partial charge in [0, 0.05) is 22.0 Å². The molecule has 0 aromatic heterocycles. The highest BCUT2D eigenvalue weighted by molar-refractivity contribution is 6.35. The summed E-state index contributed by atoms with van der Waals surface area (Å²) in [4.78, 5) is 14.9. The van der Waals surface area contributed by atoms with Gasteiger partial charge >= 0.3 is 0 Å². The Kier molecular flexibility index (Phi) is 5.60. The molecule has 1 aliphatic rings. The largest absolute Gasteiger partial charge is 0.388 e. The molecule has 1 amide bonds. The third-order valence-electron chi connectivity index (χ3n) is 5.51. The molecule has 3 aromatic carbocycles. The summed E-state index contributed by atoms with van der Waals surface area (Å²) in [5.74, 6) is -0.464. The van der Waals surface area contributed by atoms with Crippen molar-refractivity contribution in [3.63, 3.8) is 0 Å². The molecule has 0 bridgehead atoms. The number of hydrogen-bond donors (Lipinski definition) is 2. The minimum atomic E-state index is -1.86. The third-order valence-corrected chi connectivity index (χ3v) is 6.07. The standard InChI is InChI=1S/C24H21Cl2NO3/c1-15-6-8-16(9-7-15)14-27-21-5-3-2-4-19(21)24(30,23(27)29)13-22(28)18-11-10-17(25)12-20(18)26/h2-12,22,28,30H,13-14H2,1H3. The lowest BCUT2D eigenvalue weighted by Crippen LogP contribution is -2.41. The summed E-state index contributed by atoms with van der Waals surface area (Å²) in [6.45, 7) is 2.33. The Morgan fingerprint density at radius 3 is 2.43 bits per heavy atom. The number of rotatable bonds is 5. The van der Waals surface area contributed by atoms with Crippen LogP contribution in [-0.4, -0.2) is 16.1 Å². The van der Waals surface area contributed by atoms with Gasteiger partial charge in [-0.05, 0) is 36.2 Å². The van der Waals surface area contributed by atoms with E-state index in [9.17, 15) is 15.0 Å². The Hall–Kier alpha value is -2.37. The molecular weight excluding hydrogens is 421 g/mol. The van der Waals surface area contributed by atoms with Crippen molar-refractivity contribution in [2.45, 2.75) is 31.6 Å². The number of halogens is 2. The number of anilines is 1. The van der Waals surface area contributed by atoms with E-state index >= 15 is 0 Å². The van der Waals surface area contributed by atoms with E-state index in [0.717, 1.165) is 11.1 Å². The number of amides is 1. The topological polar surface area (TPSA) is 60.8 Å². The average molecular weight is 442 g/mol. The van der Waals surface area contributed by atoms with Crippen LogP contribution in [0.5, 0.6) is 0 Å². The lowest BCUT2D eigenvalue weighted by molar-refractivity contribution is -0.139. The molecular formula is C24H21Cl2NO3. The molecule has 0 spiro atoms. The number of fused-ring (bicyclic) bond motifs is 1. The molecule has 3 aromatic rings. The molecule has 6 heteroatoms. The van der Waals surface area contributed by atoms with Crippen molar-refractivity contribution in [1.29, 1.82) is 0 Å². The second-order valence-corrected chi connectivity index (χ2v) is 8.48. The van der Waals surface area contributed by atoms with E-state index < -0.39 is 17.6 Å². The van der Waals surface area contributed by atoms with Gasteiger partial charge in [0.05, 0.1) is 18.3 Å². The van der Waals surface area contributed by atoms with Gasteiger partial charge in [-0.25, -0.2) is 0 Å². The summed E-state index contributed by atoms with van der Waals surface area (Å²) < 4.78 is 0. The highest BCUT2D eigenvalue weighted by Gasteiger charge is 2.50. The zero-order valence-electron chi connectivity index (χ0n) is 16.3. The van der Waals surface area contributed by atoms with Crippen LogP contribution in [0.1, 0.15) is 34.8 Å². The highest BCUT2D eigenvalue weighted by atomic mass is 35.5. The molecule has 1 heterocycles. The summed E-state index contributed by atoms with van der Waals surface area (Å²) in [6, 6.07) is 19.8. The molecule has 0 saturated carbocycles. The number of carbonyl (C=O) groups is 1. The number of carbonyl (C=O) groups excluding carboxylic acids is 1. The molecule has 0 saturated heterocycles. The summed E-state index contributed by atoms with van der Waals surface area (Å²) >= 11 is 12.2. The fourth-order valence-corrected chi connectivity index (χ4v) is 4.43. The van der Waals surface area contributed by atoms with Crippen molar-refractivity contribution in [2.75, 3.05) is 4.90 Å². The SMILES string of the molecule is Cc1ccc(CN2C(=O)C(O)(CC(O)c3ccc(Cl)cc3Cl)c3ccccc32)cc1. The zero-order valence-corrected chi connectivity index (χ0v) is 17.9. The molecule has 2 N–H and O–H groups in total. The fourth-order valence-electron chi connectivity index (χ4n) is 3.90. The second kappa shape index (κ2) is 8.05. The Morgan fingerprint density at radius 2 is 1.73 bits per heavy atom. The maximum Gasteiger partial charge on any atom is 0.264 e. The molecule has 0 fully saturated rings. The summed E-state index contributed by atoms with van der Waals surface area (Å²) in [7, 11) is 0. The molecule has 0 radical (unpaired) electrons. The van der Waals surface area contributed by atoms with Crippen LogP contribution in [0.3, 0.4) is 0 Å². The Balaban J connectivity index is 1.67. The van der Waals surface area contributed by atoms with E-state index in [4.69, 9.17) is 23.2 Å². The van der Waals surface area contributed by atoms with Crippen molar-refractivity contribution in [2.24, 2.45) is 0 Å². The van der Waals surface area contributed by atoms with Crippen molar-refractivity contribution < 1.29 is 15.0 Å². The Bertz CT molecular complexity index is 1100. The third kappa shape index (κ3) is 3.72. The number of benzene rings is 3. The second-order valence-electron chi connectivity index (χ2n) is 7.64. The smallest absolute Gasteiger partial charge is 0.264 e. The Morgan fingerprint density at radius 1 is 1.03 bits per heavy atom.